The molecule has 3 amide bonds. The summed E-state index contributed by atoms with van der Waals surface area (Å²) >= 11 is 6.15. The fourth-order valence-electron chi connectivity index (χ4n) is 7.00. The second-order valence-electron chi connectivity index (χ2n) is 14.3. The Balaban J connectivity index is 1.20. The minimum Gasteiger partial charge on any atom is -0.446 e. The van der Waals surface area contributed by atoms with Crippen molar-refractivity contribution in [3.05, 3.63) is 58.7 Å². The number of nitrogens with zero attached hydrogens (tertiary/aromatic N) is 4. The van der Waals surface area contributed by atoms with E-state index in [1.807, 2.05) is 43.9 Å². The number of alkyl halides is 3. The van der Waals surface area contributed by atoms with Crippen LogP contribution >= 0.6 is 11.6 Å². The molecule has 0 spiro atoms. The molecule has 5 rings (SSSR count). The number of halogens is 4. The highest BCUT2D eigenvalue weighted by atomic mass is 35.5. The van der Waals surface area contributed by atoms with Gasteiger partial charge in [-0.25, -0.2) is 9.78 Å². The maximum absolute atomic E-state index is 13.9. The first-order valence-electron chi connectivity index (χ1n) is 16.7. The minimum absolute atomic E-state index is 0.0329. The summed E-state index contributed by atoms with van der Waals surface area (Å²) in [6.45, 7) is 7.77. The van der Waals surface area contributed by atoms with E-state index in [4.69, 9.17) is 16.3 Å². The van der Waals surface area contributed by atoms with Gasteiger partial charge in [0.2, 0.25) is 5.91 Å². The van der Waals surface area contributed by atoms with Gasteiger partial charge in [-0.05, 0) is 89.1 Å². The lowest BCUT2D eigenvalue weighted by Gasteiger charge is -2.34. The Hall–Kier alpha value is -3.54. The summed E-state index contributed by atoms with van der Waals surface area (Å²) in [7, 11) is 1.63. The van der Waals surface area contributed by atoms with Crippen LogP contribution in [-0.4, -0.2) is 89.8 Å². The van der Waals surface area contributed by atoms with Crippen molar-refractivity contribution in [1.82, 2.24) is 20.1 Å². The van der Waals surface area contributed by atoms with Crippen molar-refractivity contribution in [1.29, 1.82) is 0 Å². The highest BCUT2D eigenvalue weighted by Crippen LogP contribution is 2.39. The molecule has 13 heteroatoms. The normalized spacial score (nSPS) is 23.9. The van der Waals surface area contributed by atoms with Gasteiger partial charge in [-0.3, -0.25) is 9.59 Å². The van der Waals surface area contributed by atoms with Crippen LogP contribution in [-0.2, 0) is 9.53 Å². The fourth-order valence-corrected chi connectivity index (χ4v) is 7.13. The molecule has 2 unspecified atom stereocenters. The van der Waals surface area contributed by atoms with Crippen LogP contribution in [0.1, 0.15) is 81.1 Å². The molecule has 2 saturated heterocycles. The van der Waals surface area contributed by atoms with Crippen LogP contribution in [0.4, 0.5) is 23.8 Å². The van der Waals surface area contributed by atoms with Gasteiger partial charge < -0.3 is 24.8 Å². The first-order valence-corrected chi connectivity index (χ1v) is 17.0. The van der Waals surface area contributed by atoms with E-state index in [9.17, 15) is 27.6 Å². The summed E-state index contributed by atoms with van der Waals surface area (Å²) < 4.78 is 45.1. The second-order valence-corrected chi connectivity index (χ2v) is 14.8. The Kier molecular flexibility index (Phi) is 10.8. The van der Waals surface area contributed by atoms with Crippen molar-refractivity contribution in [2.75, 3.05) is 38.1 Å². The molecule has 0 bridgehead atoms. The average molecular weight is 692 g/mol. The molecule has 1 aliphatic carbocycles. The number of benzene rings is 1. The highest BCUT2D eigenvalue weighted by Gasteiger charge is 2.44. The van der Waals surface area contributed by atoms with Gasteiger partial charge in [-0.15, -0.1) is 0 Å². The lowest BCUT2D eigenvalue weighted by molar-refractivity contribution is -0.186. The quantitative estimate of drug-likeness (QED) is 0.364. The zero-order valence-corrected chi connectivity index (χ0v) is 28.7. The van der Waals surface area contributed by atoms with Crippen LogP contribution in [0.25, 0.3) is 0 Å². The number of rotatable bonds is 6. The standard InChI is InChI=1S/C35H45ClF3N5O4/c1-34(2,3)41-31(45)24-7-14-30(40-19-24)43-17-15-23(16-18-43)32(46)44-20-28(22-5-10-26(36)11-6-22)29(21-44)42(4)33(47)48-27-12-8-25(9-13-27)35(37,38)39/h5-7,10-11,14,19,23,25,27-29H,8-9,12-13,15-18,20-21H2,1-4H3,(H,41,45). The largest absolute Gasteiger partial charge is 0.446 e. The van der Waals surface area contributed by atoms with Crippen molar-refractivity contribution in [3.63, 3.8) is 0 Å². The summed E-state index contributed by atoms with van der Waals surface area (Å²) in [4.78, 5) is 49.6. The smallest absolute Gasteiger partial charge is 0.410 e. The molecule has 2 aromatic rings. The SMILES string of the molecule is CN(C(=O)OC1CCC(C(F)(F)F)CC1)C1CN(C(=O)C2CCN(c3ccc(C(=O)NC(C)(C)C)cn3)CC2)CC1c1ccc(Cl)cc1. The molecule has 3 heterocycles. The van der Waals surface area contributed by atoms with Crippen molar-refractivity contribution >= 4 is 35.3 Å². The molecule has 3 aliphatic rings. The average Bonchev–Trinajstić information content (AvgIpc) is 3.49. The third-order valence-corrected chi connectivity index (χ3v) is 10.0. The maximum atomic E-state index is 13.9. The summed E-state index contributed by atoms with van der Waals surface area (Å²) in [5, 5.41) is 3.51. The van der Waals surface area contributed by atoms with Crippen molar-refractivity contribution in [2.24, 2.45) is 11.8 Å². The molecular formula is C35H45ClF3N5O4. The molecule has 3 fully saturated rings. The number of piperidine rings is 1. The number of carbonyl (C=O) groups is 3. The lowest BCUT2D eigenvalue weighted by Crippen LogP contribution is -2.45. The number of anilines is 1. The number of carbonyl (C=O) groups excluding carboxylic acids is 3. The van der Waals surface area contributed by atoms with Gasteiger partial charge in [0.05, 0.1) is 17.5 Å². The Labute approximate surface area is 285 Å². The van der Waals surface area contributed by atoms with E-state index in [1.165, 1.54) is 4.90 Å². The molecule has 262 valence electrons. The number of pyridine rings is 1. The third-order valence-electron chi connectivity index (χ3n) is 9.76. The van der Waals surface area contributed by atoms with E-state index in [-0.39, 0.29) is 60.9 Å². The second kappa shape index (κ2) is 14.5. The van der Waals surface area contributed by atoms with Gasteiger partial charge in [-0.1, -0.05) is 23.7 Å². The molecule has 1 aromatic carbocycles. The van der Waals surface area contributed by atoms with E-state index < -0.39 is 24.3 Å². The molecule has 1 N–H and O–H groups in total. The fraction of sp³-hybridized carbons (Fsp3) is 0.600. The van der Waals surface area contributed by atoms with E-state index in [1.54, 1.807) is 31.4 Å². The molecule has 2 aliphatic heterocycles. The molecule has 48 heavy (non-hydrogen) atoms. The van der Waals surface area contributed by atoms with Gasteiger partial charge in [0, 0.05) is 61.8 Å². The number of amides is 3. The van der Waals surface area contributed by atoms with Crippen LogP contribution < -0.4 is 10.2 Å². The van der Waals surface area contributed by atoms with E-state index in [0.717, 1.165) is 11.4 Å². The van der Waals surface area contributed by atoms with Gasteiger partial charge >= 0.3 is 12.3 Å². The van der Waals surface area contributed by atoms with Gasteiger partial charge in [-0.2, -0.15) is 13.2 Å². The number of nitrogens with one attached hydrogen (secondary N) is 1. The maximum Gasteiger partial charge on any atom is 0.410 e. The molecule has 1 aromatic heterocycles. The van der Waals surface area contributed by atoms with Crippen LogP contribution in [0, 0.1) is 11.8 Å². The van der Waals surface area contributed by atoms with Crippen molar-refractivity contribution in [2.45, 2.75) is 89.1 Å². The van der Waals surface area contributed by atoms with Crippen LogP contribution in [0.5, 0.6) is 0 Å². The zero-order valence-electron chi connectivity index (χ0n) is 27.9. The molecule has 2 atom stereocenters. The zero-order chi connectivity index (χ0) is 34.8. The van der Waals surface area contributed by atoms with Gasteiger partial charge in [0.15, 0.2) is 0 Å². The van der Waals surface area contributed by atoms with Gasteiger partial charge in [0.1, 0.15) is 11.9 Å². The monoisotopic (exact) mass is 691 g/mol. The number of ether oxygens (including phenoxy) is 1. The first-order chi connectivity index (χ1) is 22.6. The van der Waals surface area contributed by atoms with E-state index in [0.29, 0.717) is 49.6 Å². The van der Waals surface area contributed by atoms with Crippen LogP contribution in [0.2, 0.25) is 5.02 Å². The van der Waals surface area contributed by atoms with Gasteiger partial charge in [0.25, 0.3) is 5.91 Å². The lowest BCUT2D eigenvalue weighted by atomic mass is 9.87. The third kappa shape index (κ3) is 8.73. The number of aromatic nitrogens is 1. The van der Waals surface area contributed by atoms with Crippen LogP contribution in [0.15, 0.2) is 42.6 Å². The Bertz CT molecular complexity index is 1430. The minimum atomic E-state index is -4.23. The number of hydrogen-bond donors (Lipinski definition) is 1. The summed E-state index contributed by atoms with van der Waals surface area (Å²) in [5.74, 6) is -1.13. The Morgan fingerprint density at radius 2 is 1.58 bits per heavy atom. The number of hydrogen-bond acceptors (Lipinski definition) is 6. The molecule has 1 saturated carbocycles. The Morgan fingerprint density at radius 1 is 0.938 bits per heavy atom. The summed E-state index contributed by atoms with van der Waals surface area (Å²) in [6.07, 6.45) is -2.32. The summed E-state index contributed by atoms with van der Waals surface area (Å²) in [6, 6.07) is 10.6. The van der Waals surface area contributed by atoms with E-state index in [2.05, 4.69) is 15.2 Å². The molecule has 0 radical (unpaired) electrons. The predicted molar refractivity (Wildman–Crippen MR) is 177 cm³/mol. The highest BCUT2D eigenvalue weighted by molar-refractivity contribution is 6.30. The van der Waals surface area contributed by atoms with E-state index >= 15 is 0 Å². The van der Waals surface area contributed by atoms with Crippen molar-refractivity contribution in [3.8, 4) is 0 Å². The number of likely N-dealkylation sites (tertiary alicyclic amines) is 1. The van der Waals surface area contributed by atoms with Crippen LogP contribution in [0.3, 0.4) is 0 Å². The molecule has 9 nitrogen and oxygen atoms in total. The van der Waals surface area contributed by atoms with Crippen molar-refractivity contribution < 1.29 is 32.3 Å². The predicted octanol–water partition coefficient (Wildman–Crippen LogP) is 6.66. The first kappa shape index (κ1) is 35.8. The summed E-state index contributed by atoms with van der Waals surface area (Å²) in [5.41, 5.74) is 1.07. The topological polar surface area (TPSA) is 95.1 Å². The Morgan fingerprint density at radius 3 is 2.15 bits per heavy atom. The molecular weight excluding hydrogens is 647 g/mol. The number of likely N-dealkylation sites (N-methyl/N-ethyl adjacent to an activating group) is 1.